The molecule has 0 saturated heterocycles. The summed E-state index contributed by atoms with van der Waals surface area (Å²) in [5, 5.41) is 6.13. The van der Waals surface area contributed by atoms with Gasteiger partial charge in [0, 0.05) is 6.04 Å². The Balaban J connectivity index is 2.42. The number of aromatic nitrogens is 3. The van der Waals surface area contributed by atoms with Gasteiger partial charge in [0.15, 0.2) is 5.82 Å². The summed E-state index contributed by atoms with van der Waals surface area (Å²) in [5.74, 6) is -4.65. The van der Waals surface area contributed by atoms with Crippen molar-refractivity contribution in [2.24, 2.45) is 0 Å². The number of hydrogen-bond donors (Lipinski definition) is 0. The zero-order valence-corrected chi connectivity index (χ0v) is 8.26. The van der Waals surface area contributed by atoms with Crippen LogP contribution in [0.1, 0.15) is 30.6 Å². The average molecular weight is 259 g/mol. The molecule has 0 aliphatic heterocycles. The normalized spacial score (nSPS) is 17.8. The maximum absolute atomic E-state index is 12.4. The van der Waals surface area contributed by atoms with E-state index in [4.69, 9.17) is 0 Å². The van der Waals surface area contributed by atoms with Crippen LogP contribution in [0.25, 0.3) is 0 Å². The summed E-state index contributed by atoms with van der Waals surface area (Å²) in [6.45, 7) is 0. The van der Waals surface area contributed by atoms with Gasteiger partial charge >= 0.3 is 12.4 Å². The molecule has 0 unspecified atom stereocenters. The summed E-state index contributed by atoms with van der Waals surface area (Å²) >= 11 is 0. The first-order valence-corrected chi connectivity index (χ1v) is 4.74. The third kappa shape index (κ3) is 2.37. The second-order valence-corrected chi connectivity index (χ2v) is 3.84. The topological polar surface area (TPSA) is 30.7 Å². The zero-order valence-electron chi connectivity index (χ0n) is 8.26. The number of halogens is 6. The van der Waals surface area contributed by atoms with Crippen LogP contribution in [0, 0.1) is 0 Å². The smallest absolute Gasteiger partial charge is 0.314 e. The fourth-order valence-electron chi connectivity index (χ4n) is 1.57. The maximum atomic E-state index is 12.4. The van der Waals surface area contributed by atoms with Gasteiger partial charge < -0.3 is 4.57 Å². The van der Waals surface area contributed by atoms with Gasteiger partial charge in [0.25, 0.3) is 0 Å². The molecule has 1 aliphatic carbocycles. The highest BCUT2D eigenvalue weighted by Crippen LogP contribution is 2.47. The molecule has 3 nitrogen and oxygen atoms in total. The molecule has 0 aromatic carbocycles. The van der Waals surface area contributed by atoms with Crippen LogP contribution in [0.5, 0.6) is 0 Å². The molecule has 17 heavy (non-hydrogen) atoms. The first kappa shape index (κ1) is 12.2. The predicted octanol–water partition coefficient (Wildman–Crippen LogP) is 2.82. The third-order valence-electron chi connectivity index (χ3n) is 2.45. The van der Waals surface area contributed by atoms with Crippen molar-refractivity contribution in [3.63, 3.8) is 0 Å². The minimum absolute atomic E-state index is 0.341. The first-order valence-electron chi connectivity index (χ1n) is 4.74. The quantitative estimate of drug-likeness (QED) is 0.764. The van der Waals surface area contributed by atoms with E-state index in [9.17, 15) is 26.3 Å². The lowest BCUT2D eigenvalue weighted by molar-refractivity contribution is -0.256. The molecule has 0 radical (unpaired) electrons. The minimum Gasteiger partial charge on any atom is -0.314 e. The van der Waals surface area contributed by atoms with Gasteiger partial charge in [0.05, 0.1) is 0 Å². The molecule has 2 rings (SSSR count). The monoisotopic (exact) mass is 259 g/mol. The molecular weight excluding hydrogens is 252 g/mol. The molecule has 0 spiro atoms. The summed E-state index contributed by atoms with van der Waals surface area (Å²) in [7, 11) is 0. The lowest BCUT2D eigenvalue weighted by Gasteiger charge is -2.22. The van der Waals surface area contributed by atoms with E-state index in [1.807, 2.05) is 0 Å². The highest BCUT2D eigenvalue weighted by atomic mass is 19.4. The molecule has 1 saturated carbocycles. The zero-order chi connectivity index (χ0) is 12.8. The van der Waals surface area contributed by atoms with Gasteiger partial charge in [0.2, 0.25) is 5.92 Å². The minimum atomic E-state index is -5.42. The third-order valence-corrected chi connectivity index (χ3v) is 2.45. The van der Waals surface area contributed by atoms with Gasteiger partial charge in [-0.25, -0.2) is 0 Å². The van der Waals surface area contributed by atoms with E-state index in [2.05, 4.69) is 10.2 Å². The number of alkyl halides is 6. The van der Waals surface area contributed by atoms with Gasteiger partial charge in [-0.1, -0.05) is 0 Å². The van der Waals surface area contributed by atoms with Gasteiger partial charge in [-0.15, -0.1) is 10.2 Å². The highest BCUT2D eigenvalue weighted by molar-refractivity contribution is 5.07. The fourth-order valence-corrected chi connectivity index (χ4v) is 1.57. The summed E-state index contributed by atoms with van der Waals surface area (Å²) in [6, 6.07) is -0.341. The van der Waals surface area contributed by atoms with Crippen molar-refractivity contribution in [2.45, 2.75) is 37.2 Å². The Morgan fingerprint density at radius 2 is 1.65 bits per heavy atom. The summed E-state index contributed by atoms with van der Waals surface area (Å²) < 4.78 is 75.5. The van der Waals surface area contributed by atoms with Crippen LogP contribution in [0.3, 0.4) is 0 Å². The molecular formula is C8H7F6N3. The first-order chi connectivity index (χ1) is 7.71. The van der Waals surface area contributed by atoms with E-state index < -0.39 is 24.1 Å². The molecule has 9 heteroatoms. The maximum Gasteiger partial charge on any atom is 0.407 e. The summed E-state index contributed by atoms with van der Waals surface area (Å²) in [6.07, 6.45) is -8.83. The number of rotatable bonds is 2. The van der Waals surface area contributed by atoms with Gasteiger partial charge in [-0.2, -0.15) is 26.3 Å². The van der Waals surface area contributed by atoms with Gasteiger partial charge in [-0.3, -0.25) is 0 Å². The van der Waals surface area contributed by atoms with Crippen molar-refractivity contribution in [1.29, 1.82) is 0 Å². The molecule has 1 aliphatic rings. The molecule has 0 atom stereocenters. The van der Waals surface area contributed by atoms with Crippen molar-refractivity contribution in [3.8, 4) is 0 Å². The van der Waals surface area contributed by atoms with Crippen LogP contribution in [-0.4, -0.2) is 27.1 Å². The Labute approximate surface area is 91.4 Å². The van der Waals surface area contributed by atoms with Crippen LogP contribution in [0.15, 0.2) is 6.33 Å². The lowest BCUT2D eigenvalue weighted by Crippen LogP contribution is -2.36. The molecule has 0 N–H and O–H groups in total. The Hall–Kier alpha value is -1.28. The predicted molar refractivity (Wildman–Crippen MR) is 43.1 cm³/mol. The SMILES string of the molecule is FC(F)(F)C(c1nncn1C1CC1)C(F)(F)F. The van der Waals surface area contributed by atoms with Crippen molar-refractivity contribution in [2.75, 3.05) is 0 Å². The van der Waals surface area contributed by atoms with Gasteiger partial charge in [-0.05, 0) is 12.8 Å². The molecule has 96 valence electrons. The fraction of sp³-hybridized carbons (Fsp3) is 0.750. The molecule has 1 aromatic rings. The second kappa shape index (κ2) is 3.61. The van der Waals surface area contributed by atoms with E-state index in [0.717, 1.165) is 10.9 Å². The Morgan fingerprint density at radius 1 is 1.12 bits per heavy atom. The van der Waals surface area contributed by atoms with Crippen molar-refractivity contribution in [3.05, 3.63) is 12.2 Å². The lowest BCUT2D eigenvalue weighted by atomic mass is 10.1. The van der Waals surface area contributed by atoms with Crippen LogP contribution in [0.4, 0.5) is 26.3 Å². The average Bonchev–Trinajstić information content (AvgIpc) is 2.83. The molecule has 0 bridgehead atoms. The Kier molecular flexibility index (Phi) is 2.58. The number of nitrogens with zero attached hydrogens (tertiary/aromatic N) is 3. The summed E-state index contributed by atoms with van der Waals surface area (Å²) in [5.41, 5.74) is 0. The second-order valence-electron chi connectivity index (χ2n) is 3.84. The van der Waals surface area contributed by atoms with E-state index >= 15 is 0 Å². The van der Waals surface area contributed by atoms with E-state index in [1.165, 1.54) is 0 Å². The van der Waals surface area contributed by atoms with E-state index in [1.54, 1.807) is 0 Å². The molecule has 1 aromatic heterocycles. The van der Waals surface area contributed by atoms with Crippen LogP contribution in [-0.2, 0) is 0 Å². The van der Waals surface area contributed by atoms with Crippen molar-refractivity contribution < 1.29 is 26.3 Å². The number of hydrogen-bond acceptors (Lipinski definition) is 2. The largest absolute Gasteiger partial charge is 0.407 e. The highest BCUT2D eigenvalue weighted by Gasteiger charge is 2.60. The molecule has 0 amide bonds. The van der Waals surface area contributed by atoms with Crippen LogP contribution >= 0.6 is 0 Å². The molecule has 1 heterocycles. The Bertz CT molecular complexity index is 388. The van der Waals surface area contributed by atoms with Crippen molar-refractivity contribution >= 4 is 0 Å². The van der Waals surface area contributed by atoms with Crippen molar-refractivity contribution in [1.82, 2.24) is 14.8 Å². The standard InChI is InChI=1S/C8H7F6N3/c9-7(10,11)5(8(12,13)14)6-16-15-3-17(6)4-1-2-4/h3-5H,1-2H2. The van der Waals surface area contributed by atoms with E-state index in [-0.39, 0.29) is 6.04 Å². The Morgan fingerprint density at radius 3 is 2.06 bits per heavy atom. The summed E-state index contributed by atoms with van der Waals surface area (Å²) in [4.78, 5) is 0. The van der Waals surface area contributed by atoms with E-state index in [0.29, 0.717) is 12.8 Å². The van der Waals surface area contributed by atoms with Crippen LogP contribution < -0.4 is 0 Å². The van der Waals surface area contributed by atoms with Gasteiger partial charge in [0.1, 0.15) is 6.33 Å². The van der Waals surface area contributed by atoms with Crippen LogP contribution in [0.2, 0.25) is 0 Å². The molecule has 1 fully saturated rings.